The Morgan fingerprint density at radius 2 is 1.33 bits per heavy atom. The second kappa shape index (κ2) is 11.9. The highest BCUT2D eigenvalue weighted by Gasteiger charge is 2.33. The van der Waals surface area contributed by atoms with Crippen LogP contribution in [-0.2, 0) is 11.0 Å². The Hall–Kier alpha value is -4.36. The third-order valence-electron chi connectivity index (χ3n) is 8.25. The summed E-state index contributed by atoms with van der Waals surface area (Å²) >= 11 is 0. The van der Waals surface area contributed by atoms with Crippen LogP contribution in [0.1, 0.15) is 46.2 Å². The van der Waals surface area contributed by atoms with Crippen molar-refractivity contribution in [2.75, 3.05) is 26.2 Å². The van der Waals surface area contributed by atoms with E-state index >= 15 is 0 Å². The molecule has 1 N–H and O–H groups in total. The van der Waals surface area contributed by atoms with Gasteiger partial charge in [-0.25, -0.2) is 0 Å². The minimum Gasteiger partial charge on any atom is -0.361 e. The molecule has 1 aliphatic rings. The molecule has 42 heavy (non-hydrogen) atoms. The molecule has 214 valence electrons. The first kappa shape index (κ1) is 27.8. The van der Waals surface area contributed by atoms with Crippen LogP contribution in [-0.4, -0.2) is 46.9 Å². The summed E-state index contributed by atoms with van der Waals surface area (Å²) in [5, 5.41) is 0.908. The third kappa shape index (κ3) is 5.83. The van der Waals surface area contributed by atoms with E-state index in [4.69, 9.17) is 0 Å². The average Bonchev–Trinajstić information content (AvgIpc) is 3.45. The topological polar surface area (TPSA) is 39.3 Å². The molecular formula is C35H32F3N3O. The molecule has 6 rings (SSSR count). The molecule has 0 bridgehead atoms. The number of nitrogens with zero attached hydrogens (tertiary/aromatic N) is 2. The zero-order valence-electron chi connectivity index (χ0n) is 23.1. The average molecular weight is 568 g/mol. The van der Waals surface area contributed by atoms with Gasteiger partial charge in [0.25, 0.3) is 0 Å². The molecule has 0 aliphatic carbocycles. The zero-order chi connectivity index (χ0) is 29.1. The quantitative estimate of drug-likeness (QED) is 0.220. The molecule has 5 aromatic rings. The number of hydrogen-bond donors (Lipinski definition) is 1. The standard InChI is InChI=1S/C35H32F3N3O/c36-35(37,38)28-15-9-14-27(22-28)30(31-24-39-32-17-8-7-16-29(31)32)23-33(42)40-18-20-41(21-19-40)34(25-10-3-1-4-11-25)26-12-5-2-6-13-26/h1-17,22,24,30,34,39H,18-21,23H2/t30-/m0/s1. The number of carbonyl (C=O) groups excluding carboxylic acids is 1. The molecule has 0 saturated carbocycles. The molecule has 1 aromatic heterocycles. The number of H-pyrrole nitrogens is 1. The second-order valence-electron chi connectivity index (χ2n) is 10.8. The summed E-state index contributed by atoms with van der Waals surface area (Å²) in [7, 11) is 0. The van der Waals surface area contributed by atoms with Crippen molar-refractivity contribution >= 4 is 16.8 Å². The second-order valence-corrected chi connectivity index (χ2v) is 10.8. The Morgan fingerprint density at radius 1 is 0.738 bits per heavy atom. The highest BCUT2D eigenvalue weighted by atomic mass is 19.4. The van der Waals surface area contributed by atoms with Crippen molar-refractivity contribution < 1.29 is 18.0 Å². The minimum absolute atomic E-state index is 0.0571. The van der Waals surface area contributed by atoms with Gasteiger partial charge in [-0.3, -0.25) is 9.69 Å². The summed E-state index contributed by atoms with van der Waals surface area (Å²) < 4.78 is 40.9. The Balaban J connectivity index is 1.24. The van der Waals surface area contributed by atoms with Crippen molar-refractivity contribution in [2.45, 2.75) is 24.6 Å². The number of aromatic amines is 1. The number of fused-ring (bicyclic) bond motifs is 1. The van der Waals surface area contributed by atoms with Crippen LogP contribution in [0.15, 0.2) is 115 Å². The Bertz CT molecular complexity index is 1600. The Kier molecular flexibility index (Phi) is 7.85. The lowest BCUT2D eigenvalue weighted by Crippen LogP contribution is -2.50. The number of piperazine rings is 1. The summed E-state index contributed by atoms with van der Waals surface area (Å²) in [5.41, 5.74) is 3.89. The summed E-state index contributed by atoms with van der Waals surface area (Å²) in [4.78, 5) is 21.3. The van der Waals surface area contributed by atoms with Crippen LogP contribution in [0.5, 0.6) is 0 Å². The van der Waals surface area contributed by atoms with E-state index in [1.807, 2.05) is 71.8 Å². The molecular weight excluding hydrogens is 535 g/mol. The van der Waals surface area contributed by atoms with Crippen molar-refractivity contribution in [3.63, 3.8) is 0 Å². The van der Waals surface area contributed by atoms with Gasteiger partial charge in [0, 0.05) is 55.6 Å². The number of halogens is 3. The lowest BCUT2D eigenvalue weighted by Gasteiger charge is -2.40. The van der Waals surface area contributed by atoms with Crippen LogP contribution < -0.4 is 0 Å². The molecule has 2 heterocycles. The van der Waals surface area contributed by atoms with Crippen LogP contribution in [0.4, 0.5) is 13.2 Å². The summed E-state index contributed by atoms with van der Waals surface area (Å²) in [6.45, 7) is 2.50. The largest absolute Gasteiger partial charge is 0.416 e. The SMILES string of the molecule is O=C(C[C@@H](c1cccc(C(F)(F)F)c1)c1c[nH]c2ccccc12)N1CCN(C(c2ccccc2)c2ccccc2)CC1. The maximum absolute atomic E-state index is 13.8. The number of aromatic nitrogens is 1. The number of hydrogen-bond acceptors (Lipinski definition) is 2. The number of benzene rings is 4. The van der Waals surface area contributed by atoms with E-state index in [1.54, 1.807) is 6.07 Å². The molecule has 1 fully saturated rings. The molecule has 4 aromatic carbocycles. The first-order valence-corrected chi connectivity index (χ1v) is 14.2. The summed E-state index contributed by atoms with van der Waals surface area (Å²) in [5.74, 6) is -0.575. The van der Waals surface area contributed by atoms with Crippen molar-refractivity contribution in [1.29, 1.82) is 0 Å². The van der Waals surface area contributed by atoms with Crippen molar-refractivity contribution in [3.05, 3.63) is 143 Å². The van der Waals surface area contributed by atoms with Gasteiger partial charge in [0.15, 0.2) is 0 Å². The number of rotatable bonds is 7. The minimum atomic E-state index is -4.46. The molecule has 0 spiro atoms. The van der Waals surface area contributed by atoms with Gasteiger partial charge in [-0.1, -0.05) is 97.1 Å². The number of carbonyl (C=O) groups is 1. The van der Waals surface area contributed by atoms with Crippen LogP contribution in [0.25, 0.3) is 10.9 Å². The predicted molar refractivity (Wildman–Crippen MR) is 159 cm³/mol. The van der Waals surface area contributed by atoms with Gasteiger partial charge in [-0.15, -0.1) is 0 Å². The molecule has 1 aliphatic heterocycles. The summed E-state index contributed by atoms with van der Waals surface area (Å²) in [6.07, 6.45) is -2.55. The highest BCUT2D eigenvalue weighted by Crippen LogP contribution is 2.37. The fourth-order valence-electron chi connectivity index (χ4n) is 6.14. The number of para-hydroxylation sites is 1. The molecule has 0 radical (unpaired) electrons. The number of amides is 1. The van der Waals surface area contributed by atoms with E-state index < -0.39 is 17.7 Å². The van der Waals surface area contributed by atoms with Crippen LogP contribution in [0.2, 0.25) is 0 Å². The van der Waals surface area contributed by atoms with E-state index in [-0.39, 0.29) is 18.4 Å². The van der Waals surface area contributed by atoms with Crippen molar-refractivity contribution in [1.82, 2.24) is 14.8 Å². The van der Waals surface area contributed by atoms with Gasteiger partial charge >= 0.3 is 6.18 Å². The van der Waals surface area contributed by atoms with Crippen LogP contribution in [0, 0.1) is 0 Å². The monoisotopic (exact) mass is 567 g/mol. The van der Waals surface area contributed by atoms with E-state index in [9.17, 15) is 18.0 Å². The maximum Gasteiger partial charge on any atom is 0.416 e. The van der Waals surface area contributed by atoms with E-state index in [0.717, 1.165) is 22.5 Å². The first-order valence-electron chi connectivity index (χ1n) is 14.2. The molecule has 0 unspecified atom stereocenters. The van der Waals surface area contributed by atoms with Crippen LogP contribution in [0.3, 0.4) is 0 Å². The molecule has 1 atom stereocenters. The predicted octanol–water partition coefficient (Wildman–Crippen LogP) is 7.64. The lowest BCUT2D eigenvalue weighted by molar-refractivity contribution is -0.137. The molecule has 7 heteroatoms. The van der Waals surface area contributed by atoms with Gasteiger partial charge in [0.05, 0.1) is 11.6 Å². The Labute approximate surface area is 243 Å². The van der Waals surface area contributed by atoms with Crippen molar-refractivity contribution in [2.24, 2.45) is 0 Å². The van der Waals surface area contributed by atoms with Crippen molar-refractivity contribution in [3.8, 4) is 0 Å². The summed E-state index contributed by atoms with van der Waals surface area (Å²) in [6, 6.07) is 33.9. The third-order valence-corrected chi connectivity index (χ3v) is 8.25. The number of alkyl halides is 3. The van der Waals surface area contributed by atoms with Gasteiger partial charge < -0.3 is 9.88 Å². The van der Waals surface area contributed by atoms with Gasteiger partial charge in [0.2, 0.25) is 5.91 Å². The fourth-order valence-corrected chi connectivity index (χ4v) is 6.14. The van der Waals surface area contributed by atoms with Gasteiger partial charge in [-0.2, -0.15) is 13.2 Å². The molecule has 1 saturated heterocycles. The molecule has 4 nitrogen and oxygen atoms in total. The first-order chi connectivity index (χ1) is 20.4. The Morgan fingerprint density at radius 3 is 1.98 bits per heavy atom. The van der Waals surface area contributed by atoms with Crippen LogP contribution >= 0.6 is 0 Å². The van der Waals surface area contributed by atoms with E-state index in [0.29, 0.717) is 31.7 Å². The van der Waals surface area contributed by atoms with E-state index in [2.05, 4.69) is 34.1 Å². The maximum atomic E-state index is 13.8. The molecule has 1 amide bonds. The van der Waals surface area contributed by atoms with E-state index in [1.165, 1.54) is 23.3 Å². The lowest BCUT2D eigenvalue weighted by atomic mass is 9.87. The van der Waals surface area contributed by atoms with Gasteiger partial charge in [-0.05, 0) is 34.4 Å². The van der Waals surface area contributed by atoms with Gasteiger partial charge in [0.1, 0.15) is 0 Å². The zero-order valence-corrected chi connectivity index (χ0v) is 23.1. The highest BCUT2D eigenvalue weighted by molar-refractivity contribution is 5.86. The normalized spacial score (nSPS) is 15.3. The number of nitrogens with one attached hydrogen (secondary N) is 1. The fraction of sp³-hybridized carbons (Fsp3) is 0.229. The smallest absolute Gasteiger partial charge is 0.361 e.